The molecule has 0 spiro atoms. The fourth-order valence-corrected chi connectivity index (χ4v) is 2.04. The number of aliphatic hydroxyl groups excluding tert-OH is 1. The van der Waals surface area contributed by atoms with Crippen LogP contribution in [0.5, 0.6) is 11.8 Å². The molecule has 1 heterocycles. The number of hydrogen-bond donors (Lipinski definition) is 1. The second-order valence-corrected chi connectivity index (χ2v) is 4.74. The molecule has 1 aromatic heterocycles. The van der Waals surface area contributed by atoms with Gasteiger partial charge in [-0.05, 0) is 33.6 Å². The predicted octanol–water partition coefficient (Wildman–Crippen LogP) is 2.48. The van der Waals surface area contributed by atoms with Gasteiger partial charge >= 0.3 is 0 Å². The number of nitrogens with zero attached hydrogens (tertiary/aromatic N) is 2. The zero-order valence-corrected chi connectivity index (χ0v) is 12.4. The number of rotatable bonds is 4. The predicted molar refractivity (Wildman–Crippen MR) is 73.3 cm³/mol. The third kappa shape index (κ3) is 2.88. The van der Waals surface area contributed by atoms with Crippen molar-refractivity contribution >= 4 is 15.9 Å². The average Bonchev–Trinajstić information content (AvgIpc) is 2.48. The molecular weight excluding hydrogens is 331 g/mol. The Morgan fingerprint density at radius 1 is 1.30 bits per heavy atom. The second kappa shape index (κ2) is 6.15. The molecule has 2 rings (SSSR count). The van der Waals surface area contributed by atoms with Gasteiger partial charge in [0.25, 0.3) is 0 Å². The Labute approximate surface area is 123 Å². The van der Waals surface area contributed by atoms with E-state index in [-0.39, 0.29) is 21.9 Å². The molecule has 20 heavy (non-hydrogen) atoms. The minimum Gasteiger partial charge on any atom is -0.480 e. The van der Waals surface area contributed by atoms with Crippen LogP contribution >= 0.6 is 15.9 Å². The molecule has 1 unspecified atom stereocenters. The lowest BCUT2D eigenvalue weighted by Crippen LogP contribution is -2.07. The van der Waals surface area contributed by atoms with E-state index in [0.717, 1.165) is 0 Å². The molecule has 0 saturated heterocycles. The highest BCUT2D eigenvalue weighted by molar-refractivity contribution is 9.10. The maximum atomic E-state index is 13.2. The molecule has 1 N–H and O–H groups in total. The lowest BCUT2D eigenvalue weighted by atomic mass is 10.1. The normalized spacial score (nSPS) is 12.1. The Morgan fingerprint density at radius 2 is 2.05 bits per heavy atom. The molecule has 5 nitrogen and oxygen atoms in total. The zero-order valence-electron chi connectivity index (χ0n) is 10.8. The van der Waals surface area contributed by atoms with Crippen molar-refractivity contribution in [3.05, 3.63) is 45.9 Å². The van der Waals surface area contributed by atoms with Gasteiger partial charge in [0.15, 0.2) is 0 Å². The zero-order chi connectivity index (χ0) is 14.7. The van der Waals surface area contributed by atoms with Crippen LogP contribution in [0.4, 0.5) is 4.39 Å². The first-order chi connectivity index (χ1) is 9.56. The molecule has 1 atom stereocenters. The van der Waals surface area contributed by atoms with Crippen LogP contribution in [0.25, 0.3) is 0 Å². The van der Waals surface area contributed by atoms with Gasteiger partial charge < -0.3 is 14.6 Å². The Kier molecular flexibility index (Phi) is 4.51. The van der Waals surface area contributed by atoms with Crippen molar-refractivity contribution in [3.63, 3.8) is 0 Å². The van der Waals surface area contributed by atoms with Crippen LogP contribution in [0.15, 0.2) is 28.9 Å². The summed E-state index contributed by atoms with van der Waals surface area (Å²) in [5.41, 5.74) is 0.697. The van der Waals surface area contributed by atoms with Crippen molar-refractivity contribution in [1.29, 1.82) is 0 Å². The molecule has 2 aromatic rings. The molecule has 0 aliphatic carbocycles. The highest BCUT2D eigenvalue weighted by atomic mass is 79.9. The van der Waals surface area contributed by atoms with Gasteiger partial charge in [0, 0.05) is 0 Å². The second-order valence-electron chi connectivity index (χ2n) is 3.88. The summed E-state index contributed by atoms with van der Waals surface area (Å²) in [6.07, 6.45) is 0.292. The summed E-state index contributed by atoms with van der Waals surface area (Å²) < 4.78 is 23.5. The number of halogens is 2. The number of hydrogen-bond acceptors (Lipinski definition) is 5. The Bertz CT molecular complexity index is 625. The van der Waals surface area contributed by atoms with Crippen LogP contribution in [0.3, 0.4) is 0 Å². The molecule has 0 saturated carbocycles. The molecule has 0 bridgehead atoms. The summed E-state index contributed by atoms with van der Waals surface area (Å²) in [7, 11) is 2.87. The molecule has 106 valence electrons. The quantitative estimate of drug-likeness (QED) is 0.924. The number of aromatic nitrogens is 2. The van der Waals surface area contributed by atoms with Gasteiger partial charge in [0.2, 0.25) is 11.8 Å². The van der Waals surface area contributed by atoms with E-state index in [4.69, 9.17) is 9.47 Å². The van der Waals surface area contributed by atoms with Crippen LogP contribution < -0.4 is 9.47 Å². The van der Waals surface area contributed by atoms with Gasteiger partial charge in [-0.15, -0.1) is 0 Å². The number of benzene rings is 1. The Hall–Kier alpha value is -1.73. The molecule has 7 heteroatoms. The fraction of sp³-hybridized carbons (Fsp3) is 0.231. The van der Waals surface area contributed by atoms with Gasteiger partial charge in [0.05, 0.1) is 24.9 Å². The van der Waals surface area contributed by atoms with E-state index >= 15 is 0 Å². The molecule has 0 aliphatic heterocycles. The van der Waals surface area contributed by atoms with Crippen molar-refractivity contribution in [3.8, 4) is 11.8 Å². The summed E-state index contributed by atoms with van der Waals surface area (Å²) in [6.45, 7) is 0. The topological polar surface area (TPSA) is 64.5 Å². The van der Waals surface area contributed by atoms with Crippen LogP contribution in [0.2, 0.25) is 0 Å². The minimum absolute atomic E-state index is 0.150. The van der Waals surface area contributed by atoms with Crippen LogP contribution in [0.1, 0.15) is 17.4 Å². The van der Waals surface area contributed by atoms with Crippen molar-refractivity contribution in [1.82, 2.24) is 9.97 Å². The van der Waals surface area contributed by atoms with E-state index < -0.39 is 11.9 Å². The van der Waals surface area contributed by atoms with E-state index in [1.165, 1.54) is 38.6 Å². The van der Waals surface area contributed by atoms with Gasteiger partial charge in [-0.3, -0.25) is 0 Å². The molecule has 0 amide bonds. The largest absolute Gasteiger partial charge is 0.480 e. The van der Waals surface area contributed by atoms with E-state index in [0.29, 0.717) is 5.56 Å². The van der Waals surface area contributed by atoms with E-state index in [1.54, 1.807) is 0 Å². The standard InChI is InChI=1S/C13H12BrFN2O3/c1-19-10-6-16-11(13(17-10)20-2)12(18)7-3-4-9(15)8(14)5-7/h3-6,12,18H,1-2H3. The van der Waals surface area contributed by atoms with E-state index in [1.807, 2.05) is 0 Å². The Balaban J connectivity index is 2.41. The average molecular weight is 343 g/mol. The summed E-state index contributed by atoms with van der Waals surface area (Å²) in [5.74, 6) is 0.0177. The molecule has 0 radical (unpaired) electrons. The van der Waals surface area contributed by atoms with Gasteiger partial charge in [-0.2, -0.15) is 4.98 Å². The first-order valence-electron chi connectivity index (χ1n) is 5.64. The third-order valence-corrected chi connectivity index (χ3v) is 3.27. The number of methoxy groups -OCH3 is 2. The first kappa shape index (κ1) is 14.7. The van der Waals surface area contributed by atoms with Gasteiger partial charge in [-0.1, -0.05) is 6.07 Å². The maximum absolute atomic E-state index is 13.2. The lowest BCUT2D eigenvalue weighted by Gasteiger charge is -2.14. The molecule has 0 fully saturated rings. The van der Waals surface area contributed by atoms with Crippen LogP contribution in [-0.2, 0) is 0 Å². The van der Waals surface area contributed by atoms with Crippen molar-refractivity contribution in [2.45, 2.75) is 6.10 Å². The Morgan fingerprint density at radius 3 is 2.65 bits per heavy atom. The SMILES string of the molecule is COc1cnc(C(O)c2ccc(F)c(Br)c2)c(OC)n1. The van der Waals surface area contributed by atoms with Gasteiger partial charge in [0.1, 0.15) is 17.6 Å². The van der Waals surface area contributed by atoms with E-state index in [2.05, 4.69) is 25.9 Å². The lowest BCUT2D eigenvalue weighted by molar-refractivity contribution is 0.206. The fourth-order valence-electron chi connectivity index (χ4n) is 1.64. The van der Waals surface area contributed by atoms with Gasteiger partial charge in [-0.25, -0.2) is 9.37 Å². The summed E-state index contributed by atoms with van der Waals surface area (Å²) in [4.78, 5) is 8.12. The molecule has 1 aromatic carbocycles. The van der Waals surface area contributed by atoms with E-state index in [9.17, 15) is 9.50 Å². The number of ether oxygens (including phenoxy) is 2. The smallest absolute Gasteiger partial charge is 0.241 e. The molecule has 0 aliphatic rings. The summed E-state index contributed by atoms with van der Waals surface area (Å²) >= 11 is 3.07. The van der Waals surface area contributed by atoms with Crippen molar-refractivity contribution in [2.75, 3.05) is 14.2 Å². The van der Waals surface area contributed by atoms with Crippen molar-refractivity contribution < 1.29 is 19.0 Å². The third-order valence-electron chi connectivity index (χ3n) is 2.67. The molecular formula is C13H12BrFN2O3. The highest BCUT2D eigenvalue weighted by Crippen LogP contribution is 2.30. The first-order valence-corrected chi connectivity index (χ1v) is 6.44. The minimum atomic E-state index is -1.08. The maximum Gasteiger partial charge on any atom is 0.241 e. The van der Waals surface area contributed by atoms with Crippen molar-refractivity contribution in [2.24, 2.45) is 0 Å². The summed E-state index contributed by atoms with van der Waals surface area (Å²) in [5, 5.41) is 10.3. The highest BCUT2D eigenvalue weighted by Gasteiger charge is 2.20. The number of aliphatic hydroxyl groups is 1. The van der Waals surface area contributed by atoms with Crippen LogP contribution in [-0.4, -0.2) is 29.3 Å². The monoisotopic (exact) mass is 342 g/mol. The van der Waals surface area contributed by atoms with Crippen LogP contribution in [0, 0.1) is 5.82 Å². The summed E-state index contributed by atoms with van der Waals surface area (Å²) in [6, 6.07) is 4.20.